The third kappa shape index (κ3) is 4.55. The van der Waals surface area contributed by atoms with E-state index in [4.69, 9.17) is 9.47 Å². The van der Waals surface area contributed by atoms with Gasteiger partial charge in [0.25, 0.3) is 11.5 Å². The van der Waals surface area contributed by atoms with E-state index in [-0.39, 0.29) is 24.1 Å². The van der Waals surface area contributed by atoms with Gasteiger partial charge in [0.2, 0.25) is 0 Å². The van der Waals surface area contributed by atoms with Gasteiger partial charge in [-0.1, -0.05) is 29.8 Å². The van der Waals surface area contributed by atoms with Crippen LogP contribution in [0.1, 0.15) is 21.5 Å². The van der Waals surface area contributed by atoms with Crippen molar-refractivity contribution in [2.24, 2.45) is 0 Å². The predicted octanol–water partition coefficient (Wildman–Crippen LogP) is 2.89. The SMILES string of the molecule is Cc1ccc2[nH]c(=O)c(CN(C[C@@H]3COCCO3)C(=O)c3ccccc3)cc2c1. The molecule has 1 aromatic heterocycles. The summed E-state index contributed by atoms with van der Waals surface area (Å²) >= 11 is 0. The molecule has 0 bridgehead atoms. The van der Waals surface area contributed by atoms with Gasteiger partial charge in [0.15, 0.2) is 0 Å². The second kappa shape index (κ2) is 8.59. The molecule has 150 valence electrons. The van der Waals surface area contributed by atoms with Crippen LogP contribution in [0.15, 0.2) is 59.4 Å². The van der Waals surface area contributed by atoms with Crippen LogP contribution in [-0.2, 0) is 16.0 Å². The van der Waals surface area contributed by atoms with E-state index < -0.39 is 0 Å². The quantitative estimate of drug-likeness (QED) is 0.725. The van der Waals surface area contributed by atoms with Gasteiger partial charge < -0.3 is 19.4 Å². The summed E-state index contributed by atoms with van der Waals surface area (Å²) in [6.45, 7) is 4.08. The minimum Gasteiger partial charge on any atom is -0.376 e. The van der Waals surface area contributed by atoms with Crippen molar-refractivity contribution < 1.29 is 14.3 Å². The lowest BCUT2D eigenvalue weighted by Gasteiger charge is -2.30. The molecule has 1 saturated heterocycles. The number of aryl methyl sites for hydroxylation is 1. The van der Waals surface area contributed by atoms with E-state index in [9.17, 15) is 9.59 Å². The maximum absolute atomic E-state index is 13.2. The van der Waals surface area contributed by atoms with Gasteiger partial charge in [0.1, 0.15) is 0 Å². The van der Waals surface area contributed by atoms with E-state index in [2.05, 4.69) is 4.98 Å². The van der Waals surface area contributed by atoms with Gasteiger partial charge in [-0.25, -0.2) is 0 Å². The van der Waals surface area contributed by atoms with Crippen molar-refractivity contribution in [3.63, 3.8) is 0 Å². The van der Waals surface area contributed by atoms with Gasteiger partial charge in [-0.3, -0.25) is 9.59 Å². The predicted molar refractivity (Wildman–Crippen MR) is 111 cm³/mol. The molecule has 4 rings (SSSR count). The van der Waals surface area contributed by atoms with Gasteiger partial charge in [-0.2, -0.15) is 0 Å². The molecular formula is C23H24N2O4. The van der Waals surface area contributed by atoms with Crippen LogP contribution in [0.2, 0.25) is 0 Å². The average Bonchev–Trinajstić information content (AvgIpc) is 2.75. The molecule has 1 aliphatic heterocycles. The van der Waals surface area contributed by atoms with Crippen LogP contribution in [0.3, 0.4) is 0 Å². The summed E-state index contributed by atoms with van der Waals surface area (Å²) in [5, 5.41) is 0.948. The number of rotatable bonds is 5. The third-order valence-electron chi connectivity index (χ3n) is 5.05. The minimum absolute atomic E-state index is 0.136. The number of ether oxygens (including phenoxy) is 2. The Balaban J connectivity index is 1.65. The molecule has 2 aromatic carbocycles. The van der Waals surface area contributed by atoms with Gasteiger partial charge in [0.05, 0.1) is 32.5 Å². The summed E-state index contributed by atoms with van der Waals surface area (Å²) in [4.78, 5) is 30.4. The summed E-state index contributed by atoms with van der Waals surface area (Å²) in [6.07, 6.45) is -0.210. The number of amides is 1. The topological polar surface area (TPSA) is 71.6 Å². The molecule has 1 atom stereocenters. The Morgan fingerprint density at radius 2 is 1.97 bits per heavy atom. The molecule has 0 spiro atoms. The van der Waals surface area contributed by atoms with Crippen molar-refractivity contribution in [2.75, 3.05) is 26.4 Å². The Hall–Kier alpha value is -2.96. The van der Waals surface area contributed by atoms with Gasteiger partial charge in [-0.15, -0.1) is 0 Å². The van der Waals surface area contributed by atoms with Crippen molar-refractivity contribution in [1.82, 2.24) is 9.88 Å². The number of aromatic nitrogens is 1. The number of carbonyl (C=O) groups excluding carboxylic acids is 1. The fraction of sp³-hybridized carbons (Fsp3) is 0.304. The van der Waals surface area contributed by atoms with E-state index in [1.807, 2.05) is 49.4 Å². The van der Waals surface area contributed by atoms with Crippen LogP contribution in [0.4, 0.5) is 0 Å². The number of fused-ring (bicyclic) bond motifs is 1. The monoisotopic (exact) mass is 392 g/mol. The Labute approximate surface area is 169 Å². The number of nitrogens with one attached hydrogen (secondary N) is 1. The number of hydrogen-bond acceptors (Lipinski definition) is 4. The molecule has 1 N–H and O–H groups in total. The van der Waals surface area contributed by atoms with Crippen molar-refractivity contribution >= 4 is 16.8 Å². The van der Waals surface area contributed by atoms with E-state index in [1.54, 1.807) is 17.0 Å². The maximum Gasteiger partial charge on any atom is 0.254 e. The highest BCUT2D eigenvalue weighted by molar-refractivity contribution is 5.94. The average molecular weight is 392 g/mol. The molecule has 6 heteroatoms. The highest BCUT2D eigenvalue weighted by atomic mass is 16.6. The molecule has 0 radical (unpaired) electrons. The van der Waals surface area contributed by atoms with E-state index in [0.29, 0.717) is 37.5 Å². The number of H-pyrrole nitrogens is 1. The van der Waals surface area contributed by atoms with Crippen LogP contribution in [0.25, 0.3) is 10.9 Å². The van der Waals surface area contributed by atoms with Crippen LogP contribution in [0.5, 0.6) is 0 Å². The van der Waals surface area contributed by atoms with E-state index >= 15 is 0 Å². The molecule has 1 amide bonds. The number of carbonyl (C=O) groups is 1. The minimum atomic E-state index is -0.210. The molecule has 0 aliphatic carbocycles. The smallest absolute Gasteiger partial charge is 0.254 e. The first-order valence-corrected chi connectivity index (χ1v) is 9.76. The zero-order valence-corrected chi connectivity index (χ0v) is 16.4. The number of nitrogens with zero attached hydrogens (tertiary/aromatic N) is 1. The first-order valence-electron chi connectivity index (χ1n) is 9.76. The lowest BCUT2D eigenvalue weighted by molar-refractivity contribution is -0.0953. The van der Waals surface area contributed by atoms with Crippen molar-refractivity contribution in [3.8, 4) is 0 Å². The zero-order valence-electron chi connectivity index (χ0n) is 16.4. The van der Waals surface area contributed by atoms with E-state index in [0.717, 1.165) is 16.5 Å². The molecule has 1 aliphatic rings. The third-order valence-corrected chi connectivity index (χ3v) is 5.05. The lowest BCUT2D eigenvalue weighted by Crippen LogP contribution is -2.43. The Morgan fingerprint density at radius 1 is 1.14 bits per heavy atom. The normalized spacial score (nSPS) is 16.7. The standard InChI is InChI=1S/C23H24N2O4/c1-16-7-8-21-18(11-16)12-19(22(26)24-21)13-25(14-20-15-28-9-10-29-20)23(27)17-5-3-2-4-6-17/h2-8,11-12,20H,9-10,13-15H2,1H3,(H,24,26)/t20-/m1/s1. The van der Waals surface area contributed by atoms with Crippen molar-refractivity contribution in [2.45, 2.75) is 19.6 Å². The van der Waals surface area contributed by atoms with Gasteiger partial charge in [0, 0.05) is 23.2 Å². The molecule has 3 aromatic rings. The maximum atomic E-state index is 13.2. The molecule has 6 nitrogen and oxygen atoms in total. The Morgan fingerprint density at radius 3 is 2.72 bits per heavy atom. The zero-order chi connectivity index (χ0) is 20.2. The molecule has 0 unspecified atom stereocenters. The summed E-state index contributed by atoms with van der Waals surface area (Å²) in [7, 11) is 0. The van der Waals surface area contributed by atoms with Crippen molar-refractivity contribution in [3.05, 3.63) is 81.6 Å². The second-order valence-corrected chi connectivity index (χ2v) is 7.33. The number of aromatic amines is 1. The summed E-state index contributed by atoms with van der Waals surface area (Å²) in [5.74, 6) is -0.136. The van der Waals surface area contributed by atoms with Crippen LogP contribution < -0.4 is 5.56 Å². The van der Waals surface area contributed by atoms with Gasteiger partial charge in [-0.05, 0) is 42.6 Å². The molecule has 2 heterocycles. The van der Waals surface area contributed by atoms with E-state index in [1.165, 1.54) is 0 Å². The molecule has 29 heavy (non-hydrogen) atoms. The lowest BCUT2D eigenvalue weighted by atomic mass is 10.1. The highest BCUT2D eigenvalue weighted by Crippen LogP contribution is 2.16. The molecule has 0 saturated carbocycles. The molecule has 1 fully saturated rings. The first kappa shape index (κ1) is 19.4. The largest absolute Gasteiger partial charge is 0.376 e. The van der Waals surface area contributed by atoms with Crippen molar-refractivity contribution in [1.29, 1.82) is 0 Å². The number of benzene rings is 2. The number of hydrogen-bond donors (Lipinski definition) is 1. The Kier molecular flexibility index (Phi) is 5.74. The summed E-state index contributed by atoms with van der Waals surface area (Å²) in [6, 6.07) is 16.8. The summed E-state index contributed by atoms with van der Waals surface area (Å²) in [5.41, 5.74) is 2.84. The fourth-order valence-electron chi connectivity index (χ4n) is 3.56. The summed E-state index contributed by atoms with van der Waals surface area (Å²) < 4.78 is 11.2. The van der Waals surface area contributed by atoms with Crippen LogP contribution in [-0.4, -0.2) is 48.3 Å². The second-order valence-electron chi connectivity index (χ2n) is 7.33. The first-order chi connectivity index (χ1) is 14.1. The van der Waals surface area contributed by atoms with Crippen LogP contribution in [0, 0.1) is 6.92 Å². The highest BCUT2D eigenvalue weighted by Gasteiger charge is 2.24. The number of pyridine rings is 1. The fourth-order valence-corrected chi connectivity index (χ4v) is 3.56. The van der Waals surface area contributed by atoms with Gasteiger partial charge >= 0.3 is 0 Å². The Bertz CT molecular complexity index is 1060. The molecular weight excluding hydrogens is 368 g/mol. The van der Waals surface area contributed by atoms with Crippen LogP contribution >= 0.6 is 0 Å².